The second-order valence-electron chi connectivity index (χ2n) is 6.85. The molecule has 0 radical (unpaired) electrons. The Labute approximate surface area is 202 Å². The van der Waals surface area contributed by atoms with E-state index in [9.17, 15) is 10.1 Å². The van der Waals surface area contributed by atoms with E-state index in [1.807, 2.05) is 18.2 Å². The quantitative estimate of drug-likeness (QED) is 0.211. The van der Waals surface area contributed by atoms with E-state index < -0.39 is 5.91 Å². The summed E-state index contributed by atoms with van der Waals surface area (Å²) in [5, 5.41) is 13.3. The minimum Gasteiger partial charge on any atom is -0.489 e. The molecular formula is C26H20Cl2N2O3. The third-order valence-corrected chi connectivity index (χ3v) is 4.91. The Kier molecular flexibility index (Phi) is 8.54. The Morgan fingerprint density at radius 1 is 1.00 bits per heavy atom. The maximum atomic E-state index is 12.6. The number of carbonyl (C=O) groups is 1. The summed E-state index contributed by atoms with van der Waals surface area (Å²) in [4.78, 5) is 12.6. The van der Waals surface area contributed by atoms with Gasteiger partial charge in [-0.25, -0.2) is 0 Å². The Morgan fingerprint density at radius 2 is 1.70 bits per heavy atom. The molecule has 3 aromatic carbocycles. The fourth-order valence-electron chi connectivity index (χ4n) is 2.80. The van der Waals surface area contributed by atoms with Crippen LogP contribution in [0.5, 0.6) is 11.5 Å². The van der Waals surface area contributed by atoms with Crippen LogP contribution in [-0.2, 0) is 11.4 Å². The largest absolute Gasteiger partial charge is 0.489 e. The summed E-state index contributed by atoms with van der Waals surface area (Å²) in [6.07, 6.45) is 3.03. The van der Waals surface area contributed by atoms with Crippen molar-refractivity contribution in [3.63, 3.8) is 0 Å². The number of rotatable bonds is 9. The highest BCUT2D eigenvalue weighted by Gasteiger charge is 2.12. The van der Waals surface area contributed by atoms with Gasteiger partial charge in [-0.3, -0.25) is 4.79 Å². The zero-order chi connectivity index (χ0) is 23.6. The van der Waals surface area contributed by atoms with E-state index in [1.54, 1.807) is 60.7 Å². The van der Waals surface area contributed by atoms with Gasteiger partial charge in [-0.15, -0.1) is 0 Å². The van der Waals surface area contributed by atoms with Gasteiger partial charge in [0.25, 0.3) is 5.91 Å². The highest BCUT2D eigenvalue weighted by molar-refractivity contribution is 6.31. The number of ether oxygens (including phenoxy) is 2. The van der Waals surface area contributed by atoms with Crippen molar-refractivity contribution in [3.8, 4) is 17.6 Å². The summed E-state index contributed by atoms with van der Waals surface area (Å²) in [7, 11) is 0. The van der Waals surface area contributed by atoms with Crippen molar-refractivity contribution in [2.45, 2.75) is 6.61 Å². The van der Waals surface area contributed by atoms with Crippen molar-refractivity contribution in [1.82, 2.24) is 0 Å². The van der Waals surface area contributed by atoms with Crippen LogP contribution < -0.4 is 14.8 Å². The summed E-state index contributed by atoms with van der Waals surface area (Å²) < 4.78 is 11.3. The molecule has 166 valence electrons. The fourth-order valence-corrected chi connectivity index (χ4v) is 3.10. The molecule has 0 atom stereocenters. The van der Waals surface area contributed by atoms with Crippen LogP contribution in [0.15, 0.2) is 85.0 Å². The van der Waals surface area contributed by atoms with Crippen LogP contribution in [0.3, 0.4) is 0 Å². The zero-order valence-electron chi connectivity index (χ0n) is 17.6. The first-order valence-corrected chi connectivity index (χ1v) is 10.7. The summed E-state index contributed by atoms with van der Waals surface area (Å²) in [6, 6.07) is 21.1. The molecule has 3 rings (SSSR count). The third-order valence-electron chi connectivity index (χ3n) is 4.42. The molecule has 0 aliphatic heterocycles. The van der Waals surface area contributed by atoms with Crippen molar-refractivity contribution >= 4 is 40.9 Å². The molecule has 5 nitrogen and oxygen atoms in total. The van der Waals surface area contributed by atoms with Gasteiger partial charge < -0.3 is 14.8 Å². The standard InChI is InChI=1S/C26H20Cl2N2O3/c1-2-13-32-25-12-7-22(28)15-19(25)14-20(16-29)26(31)30-23-8-10-24(11-9-23)33-17-18-3-5-21(27)6-4-18/h2-12,14-15H,1,13,17H2,(H,30,31)/b20-14+. The maximum absolute atomic E-state index is 12.6. The Morgan fingerprint density at radius 3 is 2.36 bits per heavy atom. The average Bonchev–Trinajstić information content (AvgIpc) is 2.82. The molecule has 1 N–H and O–H groups in total. The van der Waals surface area contributed by atoms with Crippen LogP contribution in [-0.4, -0.2) is 12.5 Å². The number of halogens is 2. The molecule has 7 heteroatoms. The van der Waals surface area contributed by atoms with Crippen molar-refractivity contribution in [3.05, 3.63) is 106 Å². The van der Waals surface area contributed by atoms with Gasteiger partial charge in [0.1, 0.15) is 36.4 Å². The number of hydrogen-bond acceptors (Lipinski definition) is 4. The van der Waals surface area contributed by atoms with E-state index in [0.717, 1.165) is 5.56 Å². The van der Waals surface area contributed by atoms with Gasteiger partial charge in [-0.1, -0.05) is 48.0 Å². The molecule has 0 aliphatic carbocycles. The Bertz CT molecular complexity index is 1200. The molecule has 0 aliphatic rings. The molecule has 0 bridgehead atoms. The van der Waals surface area contributed by atoms with Crippen LogP contribution >= 0.6 is 23.2 Å². The highest BCUT2D eigenvalue weighted by atomic mass is 35.5. The maximum Gasteiger partial charge on any atom is 0.266 e. The molecule has 0 fully saturated rings. The van der Waals surface area contributed by atoms with Crippen LogP contribution in [0.25, 0.3) is 6.08 Å². The van der Waals surface area contributed by atoms with Crippen LogP contribution in [0, 0.1) is 11.3 Å². The topological polar surface area (TPSA) is 71.3 Å². The van der Waals surface area contributed by atoms with E-state index in [2.05, 4.69) is 11.9 Å². The van der Waals surface area contributed by atoms with Crippen molar-refractivity contribution in [1.29, 1.82) is 5.26 Å². The van der Waals surface area contributed by atoms with Crippen molar-refractivity contribution in [2.75, 3.05) is 11.9 Å². The molecule has 0 aromatic heterocycles. The monoisotopic (exact) mass is 478 g/mol. The second-order valence-corrected chi connectivity index (χ2v) is 7.72. The smallest absolute Gasteiger partial charge is 0.266 e. The number of hydrogen-bond donors (Lipinski definition) is 1. The van der Waals surface area contributed by atoms with Gasteiger partial charge in [-0.2, -0.15) is 5.26 Å². The SMILES string of the molecule is C=CCOc1ccc(Cl)cc1/C=C(\C#N)C(=O)Nc1ccc(OCc2ccc(Cl)cc2)cc1. The average molecular weight is 479 g/mol. The number of nitrogens with one attached hydrogen (secondary N) is 1. The molecule has 1 amide bonds. The Hall–Kier alpha value is -3.72. The second kappa shape index (κ2) is 11.8. The minimum absolute atomic E-state index is 0.0937. The molecule has 0 saturated heterocycles. The lowest BCUT2D eigenvalue weighted by atomic mass is 10.1. The lowest BCUT2D eigenvalue weighted by Crippen LogP contribution is -2.13. The number of amides is 1. The summed E-state index contributed by atoms with van der Waals surface area (Å²) in [6.45, 7) is 4.28. The van der Waals surface area contributed by atoms with E-state index >= 15 is 0 Å². The van der Waals surface area contributed by atoms with Gasteiger partial charge in [0, 0.05) is 21.3 Å². The number of benzene rings is 3. The lowest BCUT2D eigenvalue weighted by molar-refractivity contribution is -0.112. The van der Waals surface area contributed by atoms with Crippen LogP contribution in [0.2, 0.25) is 10.0 Å². The van der Waals surface area contributed by atoms with E-state index in [-0.39, 0.29) is 12.2 Å². The predicted molar refractivity (Wildman–Crippen MR) is 132 cm³/mol. The molecular weight excluding hydrogens is 459 g/mol. The first-order chi connectivity index (χ1) is 16.0. The van der Waals surface area contributed by atoms with Gasteiger partial charge >= 0.3 is 0 Å². The molecule has 0 spiro atoms. The van der Waals surface area contributed by atoms with E-state index in [0.29, 0.717) is 39.4 Å². The number of carbonyl (C=O) groups excluding carboxylic acids is 1. The minimum atomic E-state index is -0.554. The van der Waals surface area contributed by atoms with Crippen molar-refractivity contribution < 1.29 is 14.3 Å². The Balaban J connectivity index is 1.67. The van der Waals surface area contributed by atoms with Crippen LogP contribution in [0.4, 0.5) is 5.69 Å². The number of nitriles is 1. The summed E-state index contributed by atoms with van der Waals surface area (Å²) in [5.41, 5.74) is 1.93. The van der Waals surface area contributed by atoms with E-state index in [4.69, 9.17) is 32.7 Å². The normalized spacial score (nSPS) is 10.8. The van der Waals surface area contributed by atoms with Gasteiger partial charge in [0.05, 0.1) is 0 Å². The predicted octanol–water partition coefficient (Wildman–Crippen LogP) is 6.68. The molecule has 0 saturated carbocycles. The summed E-state index contributed by atoms with van der Waals surface area (Å²) >= 11 is 12.0. The van der Waals surface area contributed by atoms with E-state index in [1.165, 1.54) is 6.08 Å². The molecule has 3 aromatic rings. The number of nitrogens with zero attached hydrogens (tertiary/aromatic N) is 1. The fraction of sp³-hybridized carbons (Fsp3) is 0.0769. The third kappa shape index (κ3) is 7.15. The van der Waals surface area contributed by atoms with Crippen LogP contribution in [0.1, 0.15) is 11.1 Å². The molecule has 0 unspecified atom stereocenters. The zero-order valence-corrected chi connectivity index (χ0v) is 19.1. The van der Waals surface area contributed by atoms with Gasteiger partial charge in [0.2, 0.25) is 0 Å². The lowest BCUT2D eigenvalue weighted by Gasteiger charge is -2.10. The first kappa shape index (κ1) is 23.9. The highest BCUT2D eigenvalue weighted by Crippen LogP contribution is 2.26. The van der Waals surface area contributed by atoms with Crippen molar-refractivity contribution in [2.24, 2.45) is 0 Å². The first-order valence-electron chi connectivity index (χ1n) is 9.92. The molecule has 0 heterocycles. The van der Waals surface area contributed by atoms with Gasteiger partial charge in [-0.05, 0) is 66.2 Å². The number of anilines is 1. The summed E-state index contributed by atoms with van der Waals surface area (Å²) in [5.74, 6) is 0.575. The van der Waals surface area contributed by atoms with Gasteiger partial charge in [0.15, 0.2) is 0 Å². The molecule has 33 heavy (non-hydrogen) atoms.